The highest BCUT2D eigenvalue weighted by molar-refractivity contribution is 4.81. The summed E-state index contributed by atoms with van der Waals surface area (Å²) in [4.78, 5) is 0. The van der Waals surface area contributed by atoms with Crippen molar-refractivity contribution in [1.82, 2.24) is 0 Å². The molecule has 0 aliphatic carbocycles. The Hall–Kier alpha value is -0.440. The van der Waals surface area contributed by atoms with E-state index in [1.165, 1.54) is 7.05 Å². The van der Waals surface area contributed by atoms with Crippen molar-refractivity contribution in [3.8, 4) is 0 Å². The third-order valence-corrected chi connectivity index (χ3v) is 0.358. The summed E-state index contributed by atoms with van der Waals surface area (Å²) in [5, 5.41) is 0. The zero-order valence-electron chi connectivity index (χ0n) is 5.12. The minimum Gasteiger partial charge on any atom is -0.333 e. The first-order valence-electron chi connectivity index (χ1n) is 2.15. The maximum Gasteiger partial charge on any atom is 0.263 e. The van der Waals surface area contributed by atoms with Gasteiger partial charge in [0, 0.05) is 6.92 Å². The maximum atomic E-state index is 11.3. The second-order valence-corrected chi connectivity index (χ2v) is 1.16. The standard InChI is InChI=1S/C4H6F2.CH5N/c1-3-4(2,5)6;1-2/h3H,1H2,2H3;2H2,1H3. The summed E-state index contributed by atoms with van der Waals surface area (Å²) >= 11 is 0. The highest BCUT2D eigenvalue weighted by atomic mass is 19.3. The van der Waals surface area contributed by atoms with Crippen LogP contribution >= 0.6 is 0 Å². The second-order valence-electron chi connectivity index (χ2n) is 1.16. The van der Waals surface area contributed by atoms with Gasteiger partial charge in [-0.2, -0.15) is 0 Å². The average molecular weight is 123 g/mol. The lowest BCUT2D eigenvalue weighted by Gasteiger charge is -1.97. The van der Waals surface area contributed by atoms with Crippen LogP contribution in [0.1, 0.15) is 6.92 Å². The van der Waals surface area contributed by atoms with E-state index >= 15 is 0 Å². The molecule has 3 heteroatoms. The van der Waals surface area contributed by atoms with E-state index in [1.54, 1.807) is 0 Å². The first-order chi connectivity index (χ1) is 3.56. The molecule has 0 saturated heterocycles. The molecule has 0 aliphatic rings. The molecule has 0 spiro atoms. The molecule has 0 atom stereocenters. The van der Waals surface area contributed by atoms with Crippen LogP contribution in [0.15, 0.2) is 12.7 Å². The minimum absolute atomic E-state index is 0.604. The molecule has 0 rings (SSSR count). The van der Waals surface area contributed by atoms with Crippen molar-refractivity contribution in [2.45, 2.75) is 12.8 Å². The van der Waals surface area contributed by atoms with Gasteiger partial charge in [0.15, 0.2) is 0 Å². The molecule has 0 heterocycles. The molecule has 8 heavy (non-hydrogen) atoms. The molecule has 0 aromatic carbocycles. The number of rotatable bonds is 1. The summed E-state index contributed by atoms with van der Waals surface area (Å²) in [7, 11) is 1.50. The van der Waals surface area contributed by atoms with E-state index in [9.17, 15) is 8.78 Å². The highest BCUT2D eigenvalue weighted by Crippen LogP contribution is 2.10. The molecule has 0 aromatic heterocycles. The first kappa shape index (κ1) is 10.5. The molecule has 1 nitrogen and oxygen atoms in total. The van der Waals surface area contributed by atoms with Gasteiger partial charge in [0.25, 0.3) is 5.92 Å². The zero-order chi connectivity index (χ0) is 7.21. The van der Waals surface area contributed by atoms with Crippen LogP contribution in [0.25, 0.3) is 0 Å². The summed E-state index contributed by atoms with van der Waals surface area (Å²) in [6.07, 6.45) is 0.604. The Morgan fingerprint density at radius 3 is 1.62 bits per heavy atom. The molecule has 0 aromatic rings. The van der Waals surface area contributed by atoms with E-state index < -0.39 is 5.92 Å². The summed E-state index contributed by atoms with van der Waals surface area (Å²) in [6, 6.07) is 0. The van der Waals surface area contributed by atoms with Gasteiger partial charge >= 0.3 is 0 Å². The Morgan fingerprint density at radius 1 is 1.50 bits per heavy atom. The van der Waals surface area contributed by atoms with E-state index in [0.29, 0.717) is 6.08 Å². The van der Waals surface area contributed by atoms with Crippen LogP contribution in [-0.2, 0) is 0 Å². The van der Waals surface area contributed by atoms with Crippen molar-refractivity contribution in [2.24, 2.45) is 5.73 Å². The number of halogens is 2. The average Bonchev–Trinajstić information content (AvgIpc) is 1.71. The topological polar surface area (TPSA) is 26.0 Å². The molecule has 0 saturated carbocycles. The predicted octanol–water partition coefficient (Wildman–Crippen LogP) is 1.40. The van der Waals surface area contributed by atoms with E-state index in [2.05, 4.69) is 12.3 Å². The number of hydrogen-bond donors (Lipinski definition) is 1. The van der Waals surface area contributed by atoms with Crippen LogP contribution in [0, 0.1) is 0 Å². The SMILES string of the molecule is C=CC(C)(F)F.CN. The smallest absolute Gasteiger partial charge is 0.263 e. The van der Waals surface area contributed by atoms with Crippen molar-refractivity contribution < 1.29 is 8.78 Å². The molecule has 0 radical (unpaired) electrons. The van der Waals surface area contributed by atoms with Crippen molar-refractivity contribution in [3.05, 3.63) is 12.7 Å². The Balaban J connectivity index is 0. The second kappa shape index (κ2) is 4.71. The van der Waals surface area contributed by atoms with Gasteiger partial charge in [-0.15, -0.1) is 0 Å². The van der Waals surface area contributed by atoms with Crippen LogP contribution in [0.5, 0.6) is 0 Å². The molecule has 0 fully saturated rings. The summed E-state index contributed by atoms with van der Waals surface area (Å²) in [6.45, 7) is 3.67. The van der Waals surface area contributed by atoms with Gasteiger partial charge < -0.3 is 5.73 Å². The first-order valence-corrected chi connectivity index (χ1v) is 2.15. The largest absolute Gasteiger partial charge is 0.333 e. The van der Waals surface area contributed by atoms with Gasteiger partial charge in [-0.05, 0) is 13.1 Å². The summed E-state index contributed by atoms with van der Waals surface area (Å²) in [5.74, 6) is -2.69. The fraction of sp³-hybridized carbons (Fsp3) is 0.600. The van der Waals surface area contributed by atoms with Crippen molar-refractivity contribution in [2.75, 3.05) is 7.05 Å². The quantitative estimate of drug-likeness (QED) is 0.524. The van der Waals surface area contributed by atoms with Gasteiger partial charge in [0.2, 0.25) is 0 Å². The Morgan fingerprint density at radius 2 is 1.62 bits per heavy atom. The third kappa shape index (κ3) is 17.6. The van der Waals surface area contributed by atoms with Crippen LogP contribution in [0.2, 0.25) is 0 Å². The summed E-state index contributed by atoms with van der Waals surface area (Å²) in [5.41, 5.74) is 4.50. The summed E-state index contributed by atoms with van der Waals surface area (Å²) < 4.78 is 22.7. The van der Waals surface area contributed by atoms with E-state index in [4.69, 9.17) is 0 Å². The minimum atomic E-state index is -2.69. The van der Waals surface area contributed by atoms with Gasteiger partial charge in [-0.3, -0.25) is 0 Å². The van der Waals surface area contributed by atoms with Gasteiger partial charge in [-0.25, -0.2) is 8.78 Å². The van der Waals surface area contributed by atoms with Crippen LogP contribution in [-0.4, -0.2) is 13.0 Å². The molecular formula is C5H11F2N. The van der Waals surface area contributed by atoms with Gasteiger partial charge in [-0.1, -0.05) is 6.58 Å². The zero-order valence-corrected chi connectivity index (χ0v) is 5.12. The molecule has 0 aliphatic heterocycles. The van der Waals surface area contributed by atoms with E-state index in [1.807, 2.05) is 0 Å². The number of nitrogens with two attached hydrogens (primary N) is 1. The lowest BCUT2D eigenvalue weighted by Crippen LogP contribution is -2.01. The van der Waals surface area contributed by atoms with Gasteiger partial charge in [0.1, 0.15) is 0 Å². The van der Waals surface area contributed by atoms with Gasteiger partial charge in [0.05, 0.1) is 0 Å². The van der Waals surface area contributed by atoms with E-state index in [-0.39, 0.29) is 0 Å². The fourth-order valence-corrected chi connectivity index (χ4v) is 0. The monoisotopic (exact) mass is 123 g/mol. The molecule has 2 N–H and O–H groups in total. The van der Waals surface area contributed by atoms with Crippen molar-refractivity contribution in [3.63, 3.8) is 0 Å². The molecule has 50 valence electrons. The lowest BCUT2D eigenvalue weighted by molar-refractivity contribution is 0.0779. The normalized spacial score (nSPS) is 9.12. The lowest BCUT2D eigenvalue weighted by atomic mass is 10.4. The highest BCUT2D eigenvalue weighted by Gasteiger charge is 2.12. The molecule has 0 amide bonds. The van der Waals surface area contributed by atoms with Crippen LogP contribution < -0.4 is 5.73 Å². The molecule has 0 unspecified atom stereocenters. The Bertz CT molecular complexity index is 55.9. The fourth-order valence-electron chi connectivity index (χ4n) is 0. The van der Waals surface area contributed by atoms with Crippen LogP contribution in [0.3, 0.4) is 0 Å². The van der Waals surface area contributed by atoms with Crippen LogP contribution in [0.4, 0.5) is 8.78 Å². The predicted molar refractivity (Wildman–Crippen MR) is 30.9 cm³/mol. The number of alkyl halides is 2. The Kier molecular flexibility index (Phi) is 6.20. The third-order valence-electron chi connectivity index (χ3n) is 0.358. The molecular weight excluding hydrogens is 112 g/mol. The Labute approximate surface area is 48.2 Å². The number of allylic oxidation sites excluding steroid dienone is 1. The van der Waals surface area contributed by atoms with Crippen molar-refractivity contribution >= 4 is 0 Å². The number of hydrogen-bond acceptors (Lipinski definition) is 1. The van der Waals surface area contributed by atoms with E-state index in [0.717, 1.165) is 6.92 Å². The molecule has 0 bridgehead atoms. The van der Waals surface area contributed by atoms with Crippen molar-refractivity contribution in [1.29, 1.82) is 0 Å². The maximum absolute atomic E-state index is 11.3.